The zero-order chi connectivity index (χ0) is 14.2. The fraction of sp³-hybridized carbons (Fsp3) is 0.533. The molecule has 20 heavy (non-hydrogen) atoms. The molecule has 0 amide bonds. The van der Waals surface area contributed by atoms with Crippen molar-refractivity contribution < 1.29 is 14.6 Å². The van der Waals surface area contributed by atoms with E-state index in [-0.39, 0.29) is 0 Å². The van der Waals surface area contributed by atoms with E-state index in [2.05, 4.69) is 10.2 Å². The number of benzene rings is 1. The van der Waals surface area contributed by atoms with Crippen LogP contribution >= 0.6 is 0 Å². The molecule has 1 aromatic rings. The summed E-state index contributed by atoms with van der Waals surface area (Å²) in [7, 11) is 0. The molecular weight excluding hydrogens is 256 g/mol. The van der Waals surface area contributed by atoms with Gasteiger partial charge in [0.05, 0.1) is 19.1 Å². The third-order valence-electron chi connectivity index (χ3n) is 3.56. The zero-order valence-electron chi connectivity index (χ0n) is 11.6. The van der Waals surface area contributed by atoms with Crippen molar-refractivity contribution in [2.45, 2.75) is 5.92 Å². The monoisotopic (exact) mass is 278 g/mol. The van der Waals surface area contributed by atoms with Gasteiger partial charge in [-0.3, -0.25) is 9.69 Å². The Morgan fingerprint density at radius 1 is 1.30 bits per heavy atom. The van der Waals surface area contributed by atoms with Crippen molar-refractivity contribution in [1.29, 1.82) is 0 Å². The van der Waals surface area contributed by atoms with Crippen LogP contribution in [0.1, 0.15) is 11.5 Å². The Kier molecular flexibility index (Phi) is 5.98. The first kappa shape index (κ1) is 15.0. The Morgan fingerprint density at radius 2 is 2.00 bits per heavy atom. The molecule has 0 bridgehead atoms. The van der Waals surface area contributed by atoms with Gasteiger partial charge in [0, 0.05) is 32.7 Å². The summed E-state index contributed by atoms with van der Waals surface area (Å²) < 4.78 is 5.29. The Labute approximate surface area is 119 Å². The lowest BCUT2D eigenvalue weighted by Crippen LogP contribution is -2.41. The van der Waals surface area contributed by atoms with Crippen LogP contribution in [-0.2, 0) is 9.53 Å². The summed E-state index contributed by atoms with van der Waals surface area (Å²) in [5, 5.41) is 12.6. The van der Waals surface area contributed by atoms with Gasteiger partial charge < -0.3 is 15.2 Å². The zero-order valence-corrected chi connectivity index (χ0v) is 11.6. The molecule has 5 heteroatoms. The molecule has 0 saturated carbocycles. The Morgan fingerprint density at radius 3 is 2.65 bits per heavy atom. The summed E-state index contributed by atoms with van der Waals surface area (Å²) in [6, 6.07) is 9.37. The second-order valence-corrected chi connectivity index (χ2v) is 4.96. The molecule has 1 saturated heterocycles. The molecule has 0 radical (unpaired) electrons. The number of carbonyl (C=O) groups is 1. The molecule has 1 aliphatic heterocycles. The van der Waals surface area contributed by atoms with Crippen molar-refractivity contribution >= 4 is 5.97 Å². The molecule has 110 valence electrons. The van der Waals surface area contributed by atoms with Crippen LogP contribution < -0.4 is 5.32 Å². The van der Waals surface area contributed by atoms with Crippen molar-refractivity contribution in [3.63, 3.8) is 0 Å². The molecule has 1 heterocycles. The van der Waals surface area contributed by atoms with Crippen LogP contribution in [0.25, 0.3) is 0 Å². The molecule has 5 nitrogen and oxygen atoms in total. The molecule has 1 unspecified atom stereocenters. The van der Waals surface area contributed by atoms with Crippen molar-refractivity contribution in [3.8, 4) is 0 Å². The van der Waals surface area contributed by atoms with Crippen molar-refractivity contribution in [1.82, 2.24) is 10.2 Å². The van der Waals surface area contributed by atoms with Crippen LogP contribution in [0.5, 0.6) is 0 Å². The first-order chi connectivity index (χ1) is 9.77. The molecule has 0 aliphatic carbocycles. The number of hydrogen-bond acceptors (Lipinski definition) is 4. The highest BCUT2D eigenvalue weighted by Crippen LogP contribution is 2.14. The van der Waals surface area contributed by atoms with Crippen LogP contribution in [0.4, 0.5) is 0 Å². The number of carboxylic acid groups (broad SMARTS) is 1. The Hall–Kier alpha value is -1.43. The average molecular weight is 278 g/mol. The number of carboxylic acids is 1. The lowest BCUT2D eigenvalue weighted by molar-refractivity contribution is -0.138. The number of morpholine rings is 1. The third-order valence-corrected chi connectivity index (χ3v) is 3.56. The van der Waals surface area contributed by atoms with Crippen LogP contribution in [0.3, 0.4) is 0 Å². The molecule has 0 aromatic heterocycles. The maximum absolute atomic E-state index is 11.3. The summed E-state index contributed by atoms with van der Waals surface area (Å²) in [6.07, 6.45) is 0. The van der Waals surface area contributed by atoms with Crippen molar-refractivity contribution in [2.24, 2.45) is 0 Å². The van der Waals surface area contributed by atoms with Gasteiger partial charge in [0.1, 0.15) is 0 Å². The smallest absolute Gasteiger partial charge is 0.312 e. The fourth-order valence-electron chi connectivity index (χ4n) is 2.34. The molecule has 1 aliphatic rings. The normalized spacial score (nSPS) is 17.8. The second kappa shape index (κ2) is 7.99. The van der Waals surface area contributed by atoms with Crippen LogP contribution in [0.15, 0.2) is 30.3 Å². The standard InChI is InChI=1S/C15H22N2O3/c18-15(19)14(13-4-2-1-3-5-13)12-16-6-7-17-8-10-20-11-9-17/h1-5,14,16H,6-12H2,(H,18,19). The minimum Gasteiger partial charge on any atom is -0.481 e. The summed E-state index contributed by atoms with van der Waals surface area (Å²) >= 11 is 0. The summed E-state index contributed by atoms with van der Waals surface area (Å²) in [5.41, 5.74) is 0.846. The van der Waals surface area contributed by atoms with E-state index >= 15 is 0 Å². The molecule has 2 rings (SSSR count). The van der Waals surface area contributed by atoms with Gasteiger partial charge in [-0.05, 0) is 5.56 Å². The number of aliphatic carboxylic acids is 1. The second-order valence-electron chi connectivity index (χ2n) is 4.96. The number of ether oxygens (including phenoxy) is 1. The predicted octanol–water partition coefficient (Wildman–Crippen LogP) is 0.777. The first-order valence-electron chi connectivity index (χ1n) is 7.06. The number of hydrogen-bond donors (Lipinski definition) is 2. The predicted molar refractivity (Wildman–Crippen MR) is 76.9 cm³/mol. The van der Waals surface area contributed by atoms with Gasteiger partial charge in [-0.2, -0.15) is 0 Å². The number of nitrogens with one attached hydrogen (secondary N) is 1. The third kappa shape index (κ3) is 4.59. The van der Waals surface area contributed by atoms with E-state index in [9.17, 15) is 9.90 Å². The van der Waals surface area contributed by atoms with E-state index in [1.165, 1.54) is 0 Å². The van der Waals surface area contributed by atoms with Gasteiger partial charge in [-0.25, -0.2) is 0 Å². The maximum atomic E-state index is 11.3. The van der Waals surface area contributed by atoms with Gasteiger partial charge in [-0.15, -0.1) is 0 Å². The summed E-state index contributed by atoms with van der Waals surface area (Å²) in [6.45, 7) is 5.71. The van der Waals surface area contributed by atoms with Gasteiger partial charge >= 0.3 is 5.97 Å². The van der Waals surface area contributed by atoms with E-state index in [0.29, 0.717) is 6.54 Å². The number of nitrogens with zero attached hydrogens (tertiary/aromatic N) is 1. The topological polar surface area (TPSA) is 61.8 Å². The number of rotatable bonds is 7. The average Bonchev–Trinajstić information content (AvgIpc) is 2.49. The fourth-order valence-corrected chi connectivity index (χ4v) is 2.34. The lowest BCUT2D eigenvalue weighted by Gasteiger charge is -2.26. The molecular formula is C15H22N2O3. The van der Waals surface area contributed by atoms with Crippen LogP contribution in [0, 0.1) is 0 Å². The van der Waals surface area contributed by atoms with Crippen molar-refractivity contribution in [3.05, 3.63) is 35.9 Å². The molecule has 0 spiro atoms. The maximum Gasteiger partial charge on any atom is 0.312 e. The Balaban J connectivity index is 1.74. The minimum absolute atomic E-state index is 0.462. The van der Waals surface area contributed by atoms with Gasteiger partial charge in [-0.1, -0.05) is 30.3 Å². The summed E-state index contributed by atoms with van der Waals surface area (Å²) in [5.74, 6) is -1.27. The SMILES string of the molecule is O=C(O)C(CNCCN1CCOCC1)c1ccccc1. The van der Waals surface area contributed by atoms with E-state index < -0.39 is 11.9 Å². The Bertz CT molecular complexity index is 405. The first-order valence-corrected chi connectivity index (χ1v) is 7.06. The van der Waals surface area contributed by atoms with Gasteiger partial charge in [0.2, 0.25) is 0 Å². The van der Waals surface area contributed by atoms with Crippen LogP contribution in [0.2, 0.25) is 0 Å². The van der Waals surface area contributed by atoms with E-state index in [1.54, 1.807) is 0 Å². The molecule has 1 atom stereocenters. The summed E-state index contributed by atoms with van der Waals surface area (Å²) in [4.78, 5) is 13.7. The quantitative estimate of drug-likeness (QED) is 0.722. The highest BCUT2D eigenvalue weighted by Gasteiger charge is 2.19. The van der Waals surface area contributed by atoms with Gasteiger partial charge in [0.15, 0.2) is 0 Å². The van der Waals surface area contributed by atoms with Crippen LogP contribution in [-0.4, -0.2) is 61.9 Å². The van der Waals surface area contributed by atoms with E-state index in [4.69, 9.17) is 4.74 Å². The highest BCUT2D eigenvalue weighted by molar-refractivity contribution is 5.76. The highest BCUT2D eigenvalue weighted by atomic mass is 16.5. The van der Waals surface area contributed by atoms with E-state index in [1.807, 2.05) is 30.3 Å². The molecule has 1 aromatic carbocycles. The van der Waals surface area contributed by atoms with Gasteiger partial charge in [0.25, 0.3) is 0 Å². The largest absolute Gasteiger partial charge is 0.481 e. The van der Waals surface area contributed by atoms with Crippen molar-refractivity contribution in [2.75, 3.05) is 45.9 Å². The molecule has 1 fully saturated rings. The molecule has 2 N–H and O–H groups in total. The lowest BCUT2D eigenvalue weighted by atomic mass is 9.99. The minimum atomic E-state index is -0.782. The van der Waals surface area contributed by atoms with E-state index in [0.717, 1.165) is 45.0 Å².